The van der Waals surface area contributed by atoms with Crippen molar-refractivity contribution in [2.45, 2.75) is 38.0 Å². The normalized spacial score (nSPS) is 23.7. The number of benzene rings is 1. The molecule has 0 radical (unpaired) electrons. The molecule has 0 aromatic heterocycles. The average Bonchev–Trinajstić information content (AvgIpc) is 2.36. The monoisotopic (exact) mass is 265 g/mol. The highest BCUT2D eigenvalue weighted by atomic mass is 16.5. The number of rotatable bonds is 7. The van der Waals surface area contributed by atoms with Crippen LogP contribution >= 0.6 is 0 Å². The minimum Gasteiger partial charge on any atom is -0.491 e. The lowest BCUT2D eigenvalue weighted by Crippen LogP contribution is -2.48. The van der Waals surface area contributed by atoms with Crippen molar-refractivity contribution in [2.24, 2.45) is 0 Å². The maximum absolute atomic E-state index is 9.87. The van der Waals surface area contributed by atoms with Crippen molar-refractivity contribution < 1.29 is 14.6 Å². The van der Waals surface area contributed by atoms with Crippen molar-refractivity contribution in [1.29, 1.82) is 0 Å². The van der Waals surface area contributed by atoms with E-state index in [1.54, 1.807) is 7.11 Å². The van der Waals surface area contributed by atoms with Crippen molar-refractivity contribution >= 4 is 0 Å². The highest BCUT2D eigenvalue weighted by Crippen LogP contribution is 2.22. The Balaban J connectivity index is 1.62. The predicted molar refractivity (Wildman–Crippen MR) is 74.5 cm³/mol. The van der Waals surface area contributed by atoms with E-state index in [4.69, 9.17) is 9.47 Å². The molecule has 1 aromatic rings. The van der Waals surface area contributed by atoms with Crippen molar-refractivity contribution in [3.05, 3.63) is 29.8 Å². The van der Waals surface area contributed by atoms with Crippen LogP contribution in [-0.2, 0) is 4.74 Å². The van der Waals surface area contributed by atoms with Gasteiger partial charge in [-0.25, -0.2) is 0 Å². The number of para-hydroxylation sites is 1. The molecular weight excluding hydrogens is 242 g/mol. The lowest BCUT2D eigenvalue weighted by molar-refractivity contribution is 0.0117. The van der Waals surface area contributed by atoms with E-state index in [2.05, 4.69) is 5.32 Å². The molecule has 19 heavy (non-hydrogen) atoms. The van der Waals surface area contributed by atoms with Gasteiger partial charge in [0.05, 0.1) is 6.10 Å². The Morgan fingerprint density at radius 1 is 1.37 bits per heavy atom. The van der Waals surface area contributed by atoms with Gasteiger partial charge in [-0.2, -0.15) is 0 Å². The summed E-state index contributed by atoms with van der Waals surface area (Å²) in [5, 5.41) is 13.2. The van der Waals surface area contributed by atoms with Crippen LogP contribution in [0, 0.1) is 6.92 Å². The molecule has 2 N–H and O–H groups in total. The summed E-state index contributed by atoms with van der Waals surface area (Å²) < 4.78 is 10.8. The van der Waals surface area contributed by atoms with Gasteiger partial charge in [-0.1, -0.05) is 18.2 Å². The Hall–Kier alpha value is -1.10. The van der Waals surface area contributed by atoms with Gasteiger partial charge < -0.3 is 19.9 Å². The third kappa shape index (κ3) is 4.20. The number of nitrogens with one attached hydrogen (secondary N) is 1. The number of hydrogen-bond acceptors (Lipinski definition) is 4. The van der Waals surface area contributed by atoms with Gasteiger partial charge in [-0.05, 0) is 31.4 Å². The molecule has 1 fully saturated rings. The summed E-state index contributed by atoms with van der Waals surface area (Å²) in [6, 6.07) is 8.30. The fourth-order valence-corrected chi connectivity index (χ4v) is 2.19. The van der Waals surface area contributed by atoms with Gasteiger partial charge >= 0.3 is 0 Å². The van der Waals surface area contributed by atoms with E-state index in [0.717, 1.165) is 24.2 Å². The van der Waals surface area contributed by atoms with E-state index >= 15 is 0 Å². The Labute approximate surface area is 114 Å². The van der Waals surface area contributed by atoms with Crippen molar-refractivity contribution in [3.63, 3.8) is 0 Å². The molecule has 0 spiro atoms. The first-order valence-corrected chi connectivity index (χ1v) is 6.81. The van der Waals surface area contributed by atoms with Crippen LogP contribution in [0.4, 0.5) is 0 Å². The molecule has 0 amide bonds. The van der Waals surface area contributed by atoms with Gasteiger partial charge in [0, 0.05) is 19.7 Å². The summed E-state index contributed by atoms with van der Waals surface area (Å²) in [6.45, 7) is 2.88. The molecule has 1 atom stereocenters. The van der Waals surface area contributed by atoms with Gasteiger partial charge in [0.1, 0.15) is 18.5 Å². The number of hydrogen-bond donors (Lipinski definition) is 2. The van der Waals surface area contributed by atoms with Crippen LogP contribution in [0.25, 0.3) is 0 Å². The van der Waals surface area contributed by atoms with E-state index < -0.39 is 6.10 Å². The molecule has 2 rings (SSSR count). The van der Waals surface area contributed by atoms with Gasteiger partial charge in [0.2, 0.25) is 0 Å². The van der Waals surface area contributed by atoms with Crippen LogP contribution in [-0.4, -0.2) is 43.6 Å². The smallest absolute Gasteiger partial charge is 0.122 e. The highest BCUT2D eigenvalue weighted by Gasteiger charge is 2.28. The van der Waals surface area contributed by atoms with Gasteiger partial charge in [-0.15, -0.1) is 0 Å². The third-order valence-corrected chi connectivity index (χ3v) is 3.60. The SMILES string of the molecule is COC1CC(NCC(O)COc2ccccc2C)C1. The summed E-state index contributed by atoms with van der Waals surface area (Å²) in [7, 11) is 1.74. The average molecular weight is 265 g/mol. The molecule has 1 aromatic carbocycles. The molecule has 0 bridgehead atoms. The predicted octanol–water partition coefficient (Wildman–Crippen LogP) is 1.50. The molecule has 0 heterocycles. The zero-order valence-corrected chi connectivity index (χ0v) is 11.6. The minimum absolute atomic E-state index is 0.318. The van der Waals surface area contributed by atoms with Gasteiger partial charge in [-0.3, -0.25) is 0 Å². The van der Waals surface area contributed by atoms with Crippen LogP contribution in [0.1, 0.15) is 18.4 Å². The van der Waals surface area contributed by atoms with E-state index in [-0.39, 0.29) is 0 Å². The molecule has 1 aliphatic rings. The second-order valence-electron chi connectivity index (χ2n) is 5.16. The Morgan fingerprint density at radius 2 is 2.11 bits per heavy atom. The molecule has 1 saturated carbocycles. The topological polar surface area (TPSA) is 50.7 Å². The van der Waals surface area contributed by atoms with Crippen molar-refractivity contribution in [1.82, 2.24) is 5.32 Å². The fourth-order valence-electron chi connectivity index (χ4n) is 2.19. The number of aryl methyl sites for hydroxylation is 1. The first-order chi connectivity index (χ1) is 9.19. The molecule has 4 nitrogen and oxygen atoms in total. The fraction of sp³-hybridized carbons (Fsp3) is 0.600. The molecule has 4 heteroatoms. The van der Waals surface area contributed by atoms with Crippen LogP contribution in [0.2, 0.25) is 0 Å². The summed E-state index contributed by atoms with van der Waals surface area (Å²) in [4.78, 5) is 0. The third-order valence-electron chi connectivity index (χ3n) is 3.60. The van der Waals surface area contributed by atoms with E-state index in [9.17, 15) is 5.11 Å². The number of methoxy groups -OCH3 is 1. The molecule has 1 aliphatic carbocycles. The molecular formula is C15H23NO3. The zero-order chi connectivity index (χ0) is 13.7. The maximum atomic E-state index is 9.87. The Kier molecular flexibility index (Phi) is 5.19. The maximum Gasteiger partial charge on any atom is 0.122 e. The van der Waals surface area contributed by atoms with Crippen molar-refractivity contribution in [2.75, 3.05) is 20.3 Å². The van der Waals surface area contributed by atoms with Crippen LogP contribution in [0.5, 0.6) is 5.75 Å². The second kappa shape index (κ2) is 6.89. The summed E-state index contributed by atoms with van der Waals surface area (Å²) in [5.74, 6) is 0.838. The number of aliphatic hydroxyl groups excluding tert-OH is 1. The molecule has 0 saturated heterocycles. The van der Waals surface area contributed by atoms with Crippen LogP contribution < -0.4 is 10.1 Å². The highest BCUT2D eigenvalue weighted by molar-refractivity contribution is 5.31. The number of ether oxygens (including phenoxy) is 2. The largest absolute Gasteiger partial charge is 0.491 e. The lowest BCUT2D eigenvalue weighted by atomic mass is 9.89. The summed E-state index contributed by atoms with van der Waals surface area (Å²) in [5.41, 5.74) is 1.09. The summed E-state index contributed by atoms with van der Waals surface area (Å²) in [6.07, 6.45) is 1.96. The van der Waals surface area contributed by atoms with Crippen LogP contribution in [0.3, 0.4) is 0 Å². The van der Waals surface area contributed by atoms with E-state index in [1.807, 2.05) is 31.2 Å². The molecule has 0 aliphatic heterocycles. The van der Waals surface area contributed by atoms with Gasteiger partial charge in [0.15, 0.2) is 0 Å². The first kappa shape index (κ1) is 14.3. The number of aliphatic hydroxyl groups is 1. The minimum atomic E-state index is -0.485. The van der Waals surface area contributed by atoms with Gasteiger partial charge in [0.25, 0.3) is 0 Å². The first-order valence-electron chi connectivity index (χ1n) is 6.81. The standard InChI is InChI=1S/C15H23NO3/c1-11-5-3-4-6-15(11)19-10-13(17)9-16-12-7-14(8-12)18-2/h3-6,12-14,16-17H,7-10H2,1-2H3. The van der Waals surface area contributed by atoms with Crippen molar-refractivity contribution in [3.8, 4) is 5.75 Å². The Bertz CT molecular complexity index is 391. The second-order valence-corrected chi connectivity index (χ2v) is 5.16. The Morgan fingerprint density at radius 3 is 2.79 bits per heavy atom. The van der Waals surface area contributed by atoms with E-state index in [1.165, 1.54) is 0 Å². The summed E-state index contributed by atoms with van der Waals surface area (Å²) >= 11 is 0. The lowest BCUT2D eigenvalue weighted by Gasteiger charge is -2.35. The molecule has 106 valence electrons. The van der Waals surface area contributed by atoms with E-state index in [0.29, 0.717) is 25.3 Å². The molecule has 1 unspecified atom stereocenters. The quantitative estimate of drug-likeness (QED) is 0.784. The zero-order valence-electron chi connectivity index (χ0n) is 11.6. The van der Waals surface area contributed by atoms with Crippen LogP contribution in [0.15, 0.2) is 24.3 Å².